The number of carbonyl (C=O) groups excluding carboxylic acids is 2. The van der Waals surface area contributed by atoms with Crippen LogP contribution in [0.5, 0.6) is 11.5 Å². The molecule has 160 valence electrons. The molecular weight excluding hydrogens is 396 g/mol. The Kier molecular flexibility index (Phi) is 6.02. The SMILES string of the molecule is O=C(N[C@H]1C/C=C\C[C@@H]2CC[C@@H](C(=O)O)N2C1=O)c1ccc(Oc2ccccc2)cc1. The number of fused-ring (bicyclic) bond motifs is 1. The predicted molar refractivity (Wildman–Crippen MR) is 114 cm³/mol. The Morgan fingerprint density at radius 3 is 2.32 bits per heavy atom. The Bertz CT molecular complexity index is 987. The van der Waals surface area contributed by atoms with Crippen molar-refractivity contribution in [2.75, 3.05) is 0 Å². The fourth-order valence-electron chi connectivity index (χ4n) is 4.12. The van der Waals surface area contributed by atoms with Crippen LogP contribution in [0.15, 0.2) is 66.7 Å². The minimum atomic E-state index is -1.00. The molecule has 31 heavy (non-hydrogen) atoms. The van der Waals surface area contributed by atoms with Crippen LogP contribution in [0.1, 0.15) is 36.0 Å². The van der Waals surface area contributed by atoms with Crippen molar-refractivity contribution in [3.05, 3.63) is 72.3 Å². The van der Waals surface area contributed by atoms with Gasteiger partial charge in [0.05, 0.1) is 0 Å². The highest BCUT2D eigenvalue weighted by Crippen LogP contribution is 2.29. The van der Waals surface area contributed by atoms with Gasteiger partial charge in [0.2, 0.25) is 5.91 Å². The monoisotopic (exact) mass is 420 g/mol. The third-order valence-electron chi connectivity index (χ3n) is 5.69. The Morgan fingerprint density at radius 2 is 1.61 bits per heavy atom. The number of para-hydroxylation sites is 1. The molecule has 0 aromatic heterocycles. The van der Waals surface area contributed by atoms with Gasteiger partial charge >= 0.3 is 5.97 Å². The topological polar surface area (TPSA) is 95.9 Å². The first kappa shape index (κ1) is 20.7. The van der Waals surface area contributed by atoms with Crippen LogP contribution in [0.2, 0.25) is 0 Å². The molecule has 1 fully saturated rings. The Labute approximate surface area is 180 Å². The summed E-state index contributed by atoms with van der Waals surface area (Å²) in [5.41, 5.74) is 0.395. The summed E-state index contributed by atoms with van der Waals surface area (Å²) in [6.45, 7) is 0. The highest BCUT2D eigenvalue weighted by atomic mass is 16.5. The molecule has 7 heteroatoms. The number of carbonyl (C=O) groups is 3. The van der Waals surface area contributed by atoms with E-state index in [0.717, 1.165) is 0 Å². The van der Waals surface area contributed by atoms with Crippen molar-refractivity contribution in [3.63, 3.8) is 0 Å². The van der Waals surface area contributed by atoms with Crippen LogP contribution in [0.4, 0.5) is 0 Å². The molecule has 2 aromatic carbocycles. The summed E-state index contributed by atoms with van der Waals surface area (Å²) in [5, 5.41) is 12.3. The van der Waals surface area contributed by atoms with Crippen LogP contribution in [0, 0.1) is 0 Å². The van der Waals surface area contributed by atoms with E-state index in [0.29, 0.717) is 42.7 Å². The van der Waals surface area contributed by atoms with E-state index in [1.165, 1.54) is 4.90 Å². The van der Waals surface area contributed by atoms with Crippen molar-refractivity contribution < 1.29 is 24.2 Å². The molecule has 1 saturated heterocycles. The van der Waals surface area contributed by atoms with Gasteiger partial charge in [0.15, 0.2) is 0 Å². The second-order valence-corrected chi connectivity index (χ2v) is 7.74. The van der Waals surface area contributed by atoms with Gasteiger partial charge in [0.1, 0.15) is 23.6 Å². The van der Waals surface area contributed by atoms with Gasteiger partial charge in [0.25, 0.3) is 5.91 Å². The minimum absolute atomic E-state index is 0.140. The molecule has 2 heterocycles. The zero-order valence-corrected chi connectivity index (χ0v) is 16.9. The molecular formula is C24H24N2O5. The normalized spacial score (nSPS) is 23.9. The summed E-state index contributed by atoms with van der Waals surface area (Å²) in [5.74, 6) is -0.436. The summed E-state index contributed by atoms with van der Waals surface area (Å²) in [7, 11) is 0. The fourth-order valence-corrected chi connectivity index (χ4v) is 4.12. The van der Waals surface area contributed by atoms with E-state index in [4.69, 9.17) is 4.74 Å². The second-order valence-electron chi connectivity index (χ2n) is 7.74. The van der Waals surface area contributed by atoms with E-state index in [9.17, 15) is 19.5 Å². The van der Waals surface area contributed by atoms with Crippen molar-refractivity contribution in [1.82, 2.24) is 10.2 Å². The summed E-state index contributed by atoms with van der Waals surface area (Å²) in [4.78, 5) is 38.9. The zero-order valence-electron chi connectivity index (χ0n) is 16.9. The van der Waals surface area contributed by atoms with Gasteiger partial charge in [0, 0.05) is 11.6 Å². The van der Waals surface area contributed by atoms with Crippen LogP contribution >= 0.6 is 0 Å². The number of carboxylic acid groups (broad SMARTS) is 1. The first-order valence-electron chi connectivity index (χ1n) is 10.4. The smallest absolute Gasteiger partial charge is 0.326 e. The minimum Gasteiger partial charge on any atom is -0.480 e. The van der Waals surface area contributed by atoms with E-state index >= 15 is 0 Å². The number of benzene rings is 2. The van der Waals surface area contributed by atoms with Gasteiger partial charge in [-0.05, 0) is 62.1 Å². The molecule has 0 bridgehead atoms. The molecule has 2 aliphatic rings. The molecule has 0 saturated carbocycles. The average molecular weight is 420 g/mol. The molecule has 2 aliphatic heterocycles. The molecule has 0 aliphatic carbocycles. The maximum atomic E-state index is 13.1. The van der Waals surface area contributed by atoms with Crippen LogP contribution in [-0.2, 0) is 9.59 Å². The van der Waals surface area contributed by atoms with Crippen LogP contribution < -0.4 is 10.1 Å². The van der Waals surface area contributed by atoms with Crippen molar-refractivity contribution in [2.45, 2.75) is 43.8 Å². The maximum absolute atomic E-state index is 13.1. The van der Waals surface area contributed by atoms with Crippen LogP contribution in [0.25, 0.3) is 0 Å². The molecule has 2 N–H and O–H groups in total. The molecule has 4 rings (SSSR count). The largest absolute Gasteiger partial charge is 0.480 e. The van der Waals surface area contributed by atoms with Crippen molar-refractivity contribution in [1.29, 1.82) is 0 Å². The van der Waals surface area contributed by atoms with Gasteiger partial charge in [-0.25, -0.2) is 4.79 Å². The Balaban J connectivity index is 1.45. The Morgan fingerprint density at radius 1 is 0.935 bits per heavy atom. The standard InChI is InChI=1S/C24H24N2O5/c27-22(16-10-13-19(14-11-16)31-18-7-2-1-3-8-18)25-20-9-5-4-6-17-12-15-21(24(29)30)26(17)23(20)28/h1-5,7-8,10-11,13-14,17,20-21H,6,9,12,15H2,(H,25,27)(H,29,30)/b5-4-/t17-,20+,21+/m1/s1. The average Bonchev–Trinajstić information content (AvgIpc) is 3.19. The third kappa shape index (κ3) is 4.60. The van der Waals surface area contributed by atoms with Gasteiger partial charge in [-0.15, -0.1) is 0 Å². The van der Waals surface area contributed by atoms with Gasteiger partial charge in [-0.2, -0.15) is 0 Å². The predicted octanol–water partition coefficient (Wildman–Crippen LogP) is 3.37. The van der Waals surface area contributed by atoms with E-state index in [-0.39, 0.29) is 17.9 Å². The van der Waals surface area contributed by atoms with Gasteiger partial charge in [-0.3, -0.25) is 9.59 Å². The number of hydrogen-bond acceptors (Lipinski definition) is 4. The lowest BCUT2D eigenvalue weighted by molar-refractivity contribution is -0.150. The van der Waals surface area contributed by atoms with E-state index in [1.807, 2.05) is 42.5 Å². The summed E-state index contributed by atoms with van der Waals surface area (Å²) in [6, 6.07) is 14.2. The number of carboxylic acids is 1. The number of nitrogens with one attached hydrogen (secondary N) is 1. The van der Waals surface area contributed by atoms with Crippen molar-refractivity contribution in [2.24, 2.45) is 0 Å². The molecule has 0 spiro atoms. The number of rotatable bonds is 5. The van der Waals surface area contributed by atoms with E-state index in [1.54, 1.807) is 24.3 Å². The lowest BCUT2D eigenvalue weighted by Gasteiger charge is -2.32. The van der Waals surface area contributed by atoms with E-state index in [2.05, 4.69) is 5.32 Å². The molecule has 7 nitrogen and oxygen atoms in total. The molecule has 3 atom stereocenters. The third-order valence-corrected chi connectivity index (χ3v) is 5.69. The number of nitrogens with zero attached hydrogens (tertiary/aromatic N) is 1. The molecule has 2 amide bonds. The summed E-state index contributed by atoms with van der Waals surface area (Å²) < 4.78 is 5.73. The Hall–Kier alpha value is -3.61. The van der Waals surface area contributed by atoms with Gasteiger partial charge in [-0.1, -0.05) is 30.4 Å². The zero-order chi connectivity index (χ0) is 21.8. The number of aliphatic carboxylic acids is 1. The summed E-state index contributed by atoms with van der Waals surface area (Å²) in [6.07, 6.45) is 5.89. The lowest BCUT2D eigenvalue weighted by Crippen LogP contribution is -2.54. The molecule has 0 radical (unpaired) electrons. The van der Waals surface area contributed by atoms with Crippen molar-refractivity contribution >= 4 is 17.8 Å². The molecule has 2 aromatic rings. The van der Waals surface area contributed by atoms with E-state index < -0.39 is 18.1 Å². The highest BCUT2D eigenvalue weighted by molar-refractivity contribution is 5.98. The highest BCUT2D eigenvalue weighted by Gasteiger charge is 2.43. The maximum Gasteiger partial charge on any atom is 0.326 e. The number of hydrogen-bond donors (Lipinski definition) is 2. The number of amides is 2. The van der Waals surface area contributed by atoms with Crippen LogP contribution in [0.3, 0.4) is 0 Å². The molecule has 0 unspecified atom stereocenters. The van der Waals surface area contributed by atoms with Crippen molar-refractivity contribution in [3.8, 4) is 11.5 Å². The second kappa shape index (κ2) is 9.04. The van der Waals surface area contributed by atoms with Gasteiger partial charge < -0.3 is 20.1 Å². The number of ether oxygens (including phenoxy) is 1. The lowest BCUT2D eigenvalue weighted by atomic mass is 10.0. The summed E-state index contributed by atoms with van der Waals surface area (Å²) >= 11 is 0. The first-order valence-corrected chi connectivity index (χ1v) is 10.4. The van der Waals surface area contributed by atoms with Crippen LogP contribution in [-0.4, -0.2) is 45.9 Å². The quantitative estimate of drug-likeness (QED) is 0.723. The first-order chi connectivity index (χ1) is 15.0. The fraction of sp³-hybridized carbons (Fsp3) is 0.292.